The lowest BCUT2D eigenvalue weighted by molar-refractivity contribution is 0.416. The monoisotopic (exact) mass is 454 g/mol. The molecule has 0 saturated carbocycles. The van der Waals surface area contributed by atoms with Gasteiger partial charge in [-0.2, -0.15) is 0 Å². The third-order valence-electron chi connectivity index (χ3n) is 5.28. The Morgan fingerprint density at radius 3 is 2.48 bits per heavy atom. The zero-order valence-corrected chi connectivity index (χ0v) is 19.1. The first-order valence-corrected chi connectivity index (χ1v) is 11.4. The second kappa shape index (κ2) is 8.91. The molecule has 2 N–H and O–H groups in total. The predicted molar refractivity (Wildman–Crippen MR) is 132 cm³/mol. The van der Waals surface area contributed by atoms with Crippen LogP contribution in [-0.2, 0) is 5.75 Å². The highest BCUT2D eigenvalue weighted by atomic mass is 32.2. The summed E-state index contributed by atoms with van der Waals surface area (Å²) in [6, 6.07) is 23.8. The van der Waals surface area contributed by atoms with Gasteiger partial charge in [0.1, 0.15) is 17.4 Å². The van der Waals surface area contributed by atoms with Crippen molar-refractivity contribution >= 4 is 28.5 Å². The fraction of sp³-hybridized carbons (Fsp3) is 0.120. The maximum Gasteiger partial charge on any atom is 0.196 e. The van der Waals surface area contributed by atoms with E-state index in [-0.39, 0.29) is 0 Å². The van der Waals surface area contributed by atoms with Gasteiger partial charge in [0.2, 0.25) is 0 Å². The molecule has 8 heteroatoms. The number of nitrogens with zero attached hydrogens (tertiary/aromatic N) is 5. The summed E-state index contributed by atoms with van der Waals surface area (Å²) < 4.78 is 7.61. The molecule has 2 aromatic heterocycles. The third kappa shape index (κ3) is 4.12. The van der Waals surface area contributed by atoms with Gasteiger partial charge in [-0.3, -0.25) is 4.57 Å². The first-order chi connectivity index (χ1) is 16.1. The molecule has 0 radical (unpaired) electrons. The number of thioether (sulfide) groups is 1. The van der Waals surface area contributed by atoms with E-state index in [9.17, 15) is 0 Å². The normalized spacial score (nSPS) is 11.1. The van der Waals surface area contributed by atoms with Gasteiger partial charge in [0.25, 0.3) is 0 Å². The van der Waals surface area contributed by atoms with Crippen LogP contribution in [0.2, 0.25) is 0 Å². The molecule has 5 aromatic rings. The molecule has 0 saturated heterocycles. The summed E-state index contributed by atoms with van der Waals surface area (Å²) in [5.74, 6) is 3.07. The number of ether oxygens (including phenoxy) is 1. The van der Waals surface area contributed by atoms with Gasteiger partial charge in [-0.25, -0.2) is 9.97 Å². The number of aryl methyl sites for hydroxylation is 1. The van der Waals surface area contributed by atoms with Crippen LogP contribution in [0.15, 0.2) is 78.0 Å². The molecule has 0 aliphatic heterocycles. The average molecular weight is 455 g/mol. The molecule has 2 heterocycles. The smallest absolute Gasteiger partial charge is 0.196 e. The summed E-state index contributed by atoms with van der Waals surface area (Å²) in [7, 11) is 1.66. The van der Waals surface area contributed by atoms with Crippen LogP contribution >= 0.6 is 11.8 Å². The first-order valence-electron chi connectivity index (χ1n) is 10.4. The van der Waals surface area contributed by atoms with Gasteiger partial charge in [0.05, 0.1) is 23.9 Å². The Bertz CT molecular complexity index is 1430. The largest absolute Gasteiger partial charge is 0.496 e. The van der Waals surface area contributed by atoms with E-state index in [2.05, 4.69) is 51.4 Å². The number of benzene rings is 3. The Balaban J connectivity index is 1.55. The number of fused-ring (bicyclic) bond motifs is 1. The number of anilines is 1. The number of methoxy groups -OCH3 is 1. The summed E-state index contributed by atoms with van der Waals surface area (Å²) >= 11 is 1.51. The van der Waals surface area contributed by atoms with E-state index >= 15 is 0 Å². The molecular formula is C25H22N6OS. The van der Waals surface area contributed by atoms with Gasteiger partial charge >= 0.3 is 0 Å². The minimum absolute atomic E-state index is 0.478. The first kappa shape index (κ1) is 21.0. The van der Waals surface area contributed by atoms with E-state index in [1.54, 1.807) is 7.11 Å². The molecule has 0 atom stereocenters. The molecule has 0 fully saturated rings. The van der Waals surface area contributed by atoms with E-state index in [0.29, 0.717) is 23.2 Å². The summed E-state index contributed by atoms with van der Waals surface area (Å²) in [6.45, 7) is 2.06. The quantitative estimate of drug-likeness (QED) is 0.358. The lowest BCUT2D eigenvalue weighted by Crippen LogP contribution is -2.03. The molecule has 0 bridgehead atoms. The SMILES string of the molecule is COc1ccccc1-c1nnc(SCc2nc(N)c3ccccc3n2)n1-c1ccc(C)cc1. The van der Waals surface area contributed by atoms with E-state index in [1.807, 2.05) is 53.1 Å². The molecule has 33 heavy (non-hydrogen) atoms. The summed E-state index contributed by atoms with van der Waals surface area (Å²) in [6.07, 6.45) is 0. The van der Waals surface area contributed by atoms with Crippen LogP contribution < -0.4 is 10.5 Å². The second-order valence-corrected chi connectivity index (χ2v) is 8.45. The third-order valence-corrected chi connectivity index (χ3v) is 6.21. The number of nitrogens with two attached hydrogens (primary N) is 1. The minimum atomic E-state index is 0.478. The van der Waals surface area contributed by atoms with E-state index < -0.39 is 0 Å². The predicted octanol–water partition coefficient (Wildman–Crippen LogP) is 5.07. The van der Waals surface area contributed by atoms with Crippen LogP contribution in [0, 0.1) is 6.92 Å². The van der Waals surface area contributed by atoms with Gasteiger partial charge in [0, 0.05) is 11.1 Å². The van der Waals surface area contributed by atoms with Crippen LogP contribution in [-0.4, -0.2) is 31.8 Å². The van der Waals surface area contributed by atoms with Gasteiger partial charge < -0.3 is 10.5 Å². The molecule has 5 rings (SSSR count). The van der Waals surface area contributed by atoms with Crippen molar-refractivity contribution in [3.05, 3.63) is 84.2 Å². The number of para-hydroxylation sites is 2. The van der Waals surface area contributed by atoms with Crippen molar-refractivity contribution in [1.29, 1.82) is 0 Å². The molecule has 0 unspecified atom stereocenters. The number of aromatic nitrogens is 5. The fourth-order valence-corrected chi connectivity index (χ4v) is 4.45. The Hall–Kier alpha value is -3.91. The van der Waals surface area contributed by atoms with Crippen molar-refractivity contribution in [3.8, 4) is 22.8 Å². The Kier molecular flexibility index (Phi) is 5.66. The van der Waals surface area contributed by atoms with Crippen molar-refractivity contribution < 1.29 is 4.74 Å². The van der Waals surface area contributed by atoms with Crippen molar-refractivity contribution in [2.45, 2.75) is 17.8 Å². The van der Waals surface area contributed by atoms with Crippen LogP contribution in [0.25, 0.3) is 28.0 Å². The molecule has 164 valence electrons. The highest BCUT2D eigenvalue weighted by Gasteiger charge is 2.19. The van der Waals surface area contributed by atoms with Crippen molar-refractivity contribution in [3.63, 3.8) is 0 Å². The zero-order chi connectivity index (χ0) is 22.8. The fourth-order valence-electron chi connectivity index (χ4n) is 3.64. The van der Waals surface area contributed by atoms with Crippen LogP contribution in [0.1, 0.15) is 11.4 Å². The van der Waals surface area contributed by atoms with Gasteiger partial charge in [-0.05, 0) is 43.3 Å². The Morgan fingerprint density at radius 1 is 0.909 bits per heavy atom. The van der Waals surface area contributed by atoms with E-state index in [4.69, 9.17) is 10.5 Å². The molecule has 7 nitrogen and oxygen atoms in total. The summed E-state index contributed by atoms with van der Waals surface area (Å²) in [4.78, 5) is 9.16. The summed E-state index contributed by atoms with van der Waals surface area (Å²) in [5.41, 5.74) is 10.0. The lowest BCUT2D eigenvalue weighted by atomic mass is 10.1. The van der Waals surface area contributed by atoms with Crippen molar-refractivity contribution in [2.75, 3.05) is 12.8 Å². The van der Waals surface area contributed by atoms with Gasteiger partial charge in [0.15, 0.2) is 11.0 Å². The van der Waals surface area contributed by atoms with E-state index in [0.717, 1.165) is 33.1 Å². The van der Waals surface area contributed by atoms with Gasteiger partial charge in [-0.15, -0.1) is 10.2 Å². The molecule has 3 aromatic carbocycles. The van der Waals surface area contributed by atoms with Crippen LogP contribution in [0.4, 0.5) is 5.82 Å². The van der Waals surface area contributed by atoms with Crippen LogP contribution in [0.3, 0.4) is 0 Å². The van der Waals surface area contributed by atoms with Crippen LogP contribution in [0.5, 0.6) is 5.75 Å². The maximum atomic E-state index is 6.17. The molecule has 0 spiro atoms. The van der Waals surface area contributed by atoms with Crippen molar-refractivity contribution in [1.82, 2.24) is 24.7 Å². The Labute approximate surface area is 195 Å². The topological polar surface area (TPSA) is 91.7 Å². The number of hydrogen-bond acceptors (Lipinski definition) is 7. The second-order valence-electron chi connectivity index (χ2n) is 7.51. The minimum Gasteiger partial charge on any atom is -0.496 e. The number of nitrogen functional groups attached to an aromatic ring is 1. The number of hydrogen-bond donors (Lipinski definition) is 1. The van der Waals surface area contributed by atoms with Gasteiger partial charge in [-0.1, -0.05) is 53.7 Å². The maximum absolute atomic E-state index is 6.17. The standard InChI is InChI=1S/C25H22N6OS/c1-16-11-13-17(14-12-16)31-24(19-8-4-6-10-21(19)32-2)29-30-25(31)33-15-22-27-20-9-5-3-7-18(20)23(26)28-22/h3-14H,15H2,1-2H3,(H2,26,27,28). The highest BCUT2D eigenvalue weighted by molar-refractivity contribution is 7.98. The molecule has 0 aliphatic rings. The summed E-state index contributed by atoms with van der Waals surface area (Å²) in [5, 5.41) is 10.6. The molecular weight excluding hydrogens is 432 g/mol. The highest BCUT2D eigenvalue weighted by Crippen LogP contribution is 2.34. The lowest BCUT2D eigenvalue weighted by Gasteiger charge is -2.13. The Morgan fingerprint density at radius 2 is 1.67 bits per heavy atom. The number of rotatable bonds is 6. The van der Waals surface area contributed by atoms with Crippen molar-refractivity contribution in [2.24, 2.45) is 0 Å². The molecule has 0 aliphatic carbocycles. The molecule has 0 amide bonds. The zero-order valence-electron chi connectivity index (χ0n) is 18.3. The van der Waals surface area contributed by atoms with E-state index in [1.165, 1.54) is 17.3 Å². The average Bonchev–Trinajstić information content (AvgIpc) is 3.27.